The van der Waals surface area contributed by atoms with E-state index < -0.39 is 29.2 Å². The summed E-state index contributed by atoms with van der Waals surface area (Å²) < 4.78 is 5.16. The summed E-state index contributed by atoms with van der Waals surface area (Å²) in [6.45, 7) is 1.76. The lowest BCUT2D eigenvalue weighted by Gasteiger charge is -2.48. The van der Waals surface area contributed by atoms with Crippen molar-refractivity contribution in [3.05, 3.63) is 22.3 Å². The molecule has 3 aliphatic rings. The van der Waals surface area contributed by atoms with Gasteiger partial charge in [-0.1, -0.05) is 5.16 Å². The minimum atomic E-state index is -0.835. The van der Waals surface area contributed by atoms with Crippen LogP contribution in [0.25, 0.3) is 0 Å². The minimum absolute atomic E-state index is 0.116. The molecule has 4 heterocycles. The van der Waals surface area contributed by atoms with Gasteiger partial charge in [0.25, 0.3) is 11.8 Å². The van der Waals surface area contributed by atoms with Crippen LogP contribution in [-0.4, -0.2) is 61.9 Å². The smallest absolute Gasteiger partial charge is 0.355 e. The average Bonchev–Trinajstić information content (AvgIpc) is 3.15. The summed E-state index contributed by atoms with van der Waals surface area (Å²) in [7, 11) is 0. The van der Waals surface area contributed by atoms with Gasteiger partial charge in [0.1, 0.15) is 28.9 Å². The van der Waals surface area contributed by atoms with Gasteiger partial charge < -0.3 is 21.0 Å². The highest BCUT2D eigenvalue weighted by Gasteiger charge is 2.56. The summed E-state index contributed by atoms with van der Waals surface area (Å²) in [4.78, 5) is 42.1. The number of nitrogen functional groups attached to an aromatic ring is 1. The number of carbonyl (C=O) groups is 3. The number of hydrogen-bond acceptors (Lipinski definition) is 10. The largest absolute Gasteiger partial charge is 0.453 e. The molecule has 12 heteroatoms. The molecule has 26 heavy (non-hydrogen) atoms. The molecule has 0 spiro atoms. The Bertz CT molecular complexity index is 894. The number of thioether (sulfide) groups is 1. The number of nitrogens with one attached hydrogen (secondary N) is 1. The quantitative estimate of drug-likeness (QED) is 0.204. The number of ether oxygens (including phenoxy) is 1. The van der Waals surface area contributed by atoms with Crippen LogP contribution in [0.5, 0.6) is 0 Å². The normalized spacial score (nSPS) is 27.7. The predicted molar refractivity (Wildman–Crippen MR) is 92.5 cm³/mol. The second kappa shape index (κ2) is 5.99. The molecule has 0 aromatic carbocycles. The number of nitrogens with two attached hydrogens (primary N) is 1. The van der Waals surface area contributed by atoms with Crippen molar-refractivity contribution in [2.75, 3.05) is 11.5 Å². The van der Waals surface area contributed by atoms with E-state index in [0.29, 0.717) is 5.75 Å². The maximum atomic E-state index is 12.5. The fourth-order valence-corrected chi connectivity index (χ4v) is 5.05. The Labute approximate surface area is 155 Å². The molecule has 3 aliphatic heterocycles. The molecule has 1 aromatic rings. The fourth-order valence-electron chi connectivity index (χ4n) is 3.05. The first-order valence-electron chi connectivity index (χ1n) is 7.55. The number of anilines is 1. The number of thiazole rings is 1. The van der Waals surface area contributed by atoms with Gasteiger partial charge in [-0.15, -0.1) is 23.1 Å². The van der Waals surface area contributed by atoms with Crippen molar-refractivity contribution in [2.45, 2.75) is 24.4 Å². The maximum absolute atomic E-state index is 12.5. The zero-order valence-corrected chi connectivity index (χ0v) is 15.0. The van der Waals surface area contributed by atoms with Crippen LogP contribution in [0.15, 0.2) is 21.8 Å². The van der Waals surface area contributed by atoms with Gasteiger partial charge in [-0.2, -0.15) is 0 Å². The van der Waals surface area contributed by atoms with Gasteiger partial charge in [-0.05, 0) is 6.92 Å². The highest BCUT2D eigenvalue weighted by Crippen LogP contribution is 2.44. The molecule has 1 saturated heterocycles. The van der Waals surface area contributed by atoms with Gasteiger partial charge in [-0.25, -0.2) is 9.78 Å². The molecule has 4 rings (SSSR count). The third-order valence-electron chi connectivity index (χ3n) is 4.33. The standard InChI is InChI=1S/C14H13N5O5S2/c1-4-5-2-25-12-8(11(21)19(12)9(5)13(22)24-4)17-10(20)7(18-23)6-3-26-14(15)16-6/h3-4,8,12,23H,2H2,1H3,(H2,15,16)(H,17,20)/b18-7-/t4?,8-,12-/m1/s1. The molecule has 1 unspecified atom stereocenters. The van der Waals surface area contributed by atoms with Gasteiger partial charge >= 0.3 is 5.97 Å². The lowest BCUT2D eigenvalue weighted by Crippen LogP contribution is -2.70. The molecule has 0 bridgehead atoms. The van der Waals surface area contributed by atoms with Gasteiger partial charge in [0.2, 0.25) is 0 Å². The van der Waals surface area contributed by atoms with E-state index in [1.807, 2.05) is 0 Å². The van der Waals surface area contributed by atoms with Gasteiger partial charge in [0.05, 0.1) is 0 Å². The molecular formula is C14H13N5O5S2. The Morgan fingerprint density at radius 1 is 1.54 bits per heavy atom. The molecule has 1 fully saturated rings. The van der Waals surface area contributed by atoms with Crippen molar-refractivity contribution in [3.63, 3.8) is 0 Å². The van der Waals surface area contributed by atoms with Crippen molar-refractivity contribution >= 4 is 51.7 Å². The maximum Gasteiger partial charge on any atom is 0.355 e. The highest BCUT2D eigenvalue weighted by molar-refractivity contribution is 8.00. The topological polar surface area (TPSA) is 147 Å². The first-order valence-corrected chi connectivity index (χ1v) is 9.48. The van der Waals surface area contributed by atoms with Crippen LogP contribution in [0.3, 0.4) is 0 Å². The Morgan fingerprint density at radius 3 is 2.96 bits per heavy atom. The van der Waals surface area contributed by atoms with Crippen LogP contribution in [0, 0.1) is 0 Å². The Hall–Kier alpha value is -2.60. The third kappa shape index (κ3) is 2.36. The highest BCUT2D eigenvalue weighted by atomic mass is 32.2. The molecule has 10 nitrogen and oxygen atoms in total. The lowest BCUT2D eigenvalue weighted by atomic mass is 10.0. The number of amides is 2. The first-order chi connectivity index (χ1) is 12.4. The molecular weight excluding hydrogens is 382 g/mol. The van der Waals surface area contributed by atoms with E-state index in [-0.39, 0.29) is 28.3 Å². The summed E-state index contributed by atoms with van der Waals surface area (Å²) in [6.07, 6.45) is -0.351. The number of carbonyl (C=O) groups excluding carboxylic acids is 3. The molecule has 0 aliphatic carbocycles. The Balaban J connectivity index is 1.51. The van der Waals surface area contributed by atoms with Crippen molar-refractivity contribution in [2.24, 2.45) is 5.16 Å². The van der Waals surface area contributed by atoms with E-state index in [9.17, 15) is 14.4 Å². The molecule has 0 saturated carbocycles. The number of hydrogen-bond donors (Lipinski definition) is 3. The molecule has 136 valence electrons. The van der Waals surface area contributed by atoms with Crippen molar-refractivity contribution in [3.8, 4) is 0 Å². The van der Waals surface area contributed by atoms with Crippen molar-refractivity contribution in [1.29, 1.82) is 0 Å². The van der Waals surface area contributed by atoms with E-state index in [1.165, 1.54) is 22.0 Å². The molecule has 2 amide bonds. The van der Waals surface area contributed by atoms with Crippen LogP contribution in [0.4, 0.5) is 5.13 Å². The summed E-state index contributed by atoms with van der Waals surface area (Å²) in [5.41, 5.74) is 6.36. The Morgan fingerprint density at radius 2 is 2.31 bits per heavy atom. The van der Waals surface area contributed by atoms with E-state index in [1.54, 1.807) is 6.92 Å². The van der Waals surface area contributed by atoms with Crippen LogP contribution >= 0.6 is 23.1 Å². The summed E-state index contributed by atoms with van der Waals surface area (Å²) in [5.74, 6) is -1.15. The number of aromatic nitrogens is 1. The fraction of sp³-hybridized carbons (Fsp3) is 0.357. The number of rotatable bonds is 3. The van der Waals surface area contributed by atoms with E-state index in [0.717, 1.165) is 16.9 Å². The lowest BCUT2D eigenvalue weighted by molar-refractivity contribution is -0.151. The molecule has 4 N–H and O–H groups in total. The Kier molecular flexibility index (Phi) is 3.88. The number of fused-ring (bicyclic) bond motifs is 2. The van der Waals surface area contributed by atoms with E-state index in [4.69, 9.17) is 15.7 Å². The summed E-state index contributed by atoms with van der Waals surface area (Å²) in [6, 6.07) is -0.835. The predicted octanol–water partition coefficient (Wildman–Crippen LogP) is -0.497. The van der Waals surface area contributed by atoms with Crippen molar-refractivity contribution < 1.29 is 24.3 Å². The number of oxime groups is 1. The number of esters is 1. The minimum Gasteiger partial charge on any atom is -0.453 e. The van der Waals surface area contributed by atoms with E-state index >= 15 is 0 Å². The zero-order valence-electron chi connectivity index (χ0n) is 13.3. The summed E-state index contributed by atoms with van der Waals surface area (Å²) >= 11 is 2.52. The van der Waals surface area contributed by atoms with Crippen LogP contribution < -0.4 is 11.1 Å². The summed E-state index contributed by atoms with van der Waals surface area (Å²) in [5, 5.41) is 15.9. The van der Waals surface area contributed by atoms with Crippen molar-refractivity contribution in [1.82, 2.24) is 15.2 Å². The third-order valence-corrected chi connectivity index (χ3v) is 6.31. The van der Waals surface area contributed by atoms with Crippen LogP contribution in [0.2, 0.25) is 0 Å². The monoisotopic (exact) mass is 395 g/mol. The number of cyclic esters (lactones) is 1. The number of β-lactam (4-membered cyclic amide) rings is 1. The van der Waals surface area contributed by atoms with Crippen LogP contribution in [0.1, 0.15) is 12.6 Å². The van der Waals surface area contributed by atoms with Crippen LogP contribution in [-0.2, 0) is 19.1 Å². The van der Waals surface area contributed by atoms with Gasteiger partial charge in [-0.3, -0.25) is 14.5 Å². The van der Waals surface area contributed by atoms with Gasteiger partial charge in [0.15, 0.2) is 10.8 Å². The molecule has 3 atom stereocenters. The second-order valence-corrected chi connectivity index (χ2v) is 7.80. The van der Waals surface area contributed by atoms with Gasteiger partial charge in [0, 0.05) is 16.7 Å². The zero-order chi connectivity index (χ0) is 18.6. The SMILES string of the molecule is CC1OC(=O)C2=C1CS[C@@H]1[C@H](NC(=O)/C(=N\O)c3csc(N)n3)C(=O)N21. The molecule has 0 radical (unpaired) electrons. The van der Waals surface area contributed by atoms with E-state index in [2.05, 4.69) is 15.5 Å². The average molecular weight is 395 g/mol. The first kappa shape index (κ1) is 16.8. The molecule has 1 aromatic heterocycles. The number of nitrogens with zero attached hydrogens (tertiary/aromatic N) is 3. The second-order valence-electron chi connectivity index (χ2n) is 5.80.